The third-order valence-corrected chi connectivity index (χ3v) is 5.50. The number of hydrogen-bond donors (Lipinski definition) is 7. The van der Waals surface area contributed by atoms with E-state index < -0.39 is 72.0 Å². The van der Waals surface area contributed by atoms with Crippen molar-refractivity contribution < 1.29 is 33.9 Å². The Labute approximate surface area is 191 Å². The highest BCUT2D eigenvalue weighted by Crippen LogP contribution is 2.10. The fourth-order valence-corrected chi connectivity index (χ4v) is 3.36. The van der Waals surface area contributed by atoms with Gasteiger partial charge in [-0.15, -0.1) is 0 Å². The van der Waals surface area contributed by atoms with Crippen LogP contribution in [0.25, 0.3) is 0 Å². The Balaban J connectivity index is 2.98. The maximum Gasteiger partial charge on any atom is 0.326 e. The van der Waals surface area contributed by atoms with Crippen molar-refractivity contribution in [2.24, 2.45) is 17.4 Å². The standard InChI is InChI=1S/C20H34N6O7/c1-3-10(2)16(20(32)33)26-18(30)12(6-7-14(21)27)24-19(31)13(9-15(22)28)25-17(29)11-5-4-8-23-11/h10-13,16,23H,3-9H2,1-2H3,(H2,21,27)(H2,22,28)(H,24,31)(H,25,29)(H,26,30)(H,32,33). The molecular formula is C20H34N6O7. The first-order valence-electron chi connectivity index (χ1n) is 10.9. The molecule has 0 aromatic rings. The molecule has 0 aromatic carbocycles. The van der Waals surface area contributed by atoms with E-state index in [1.54, 1.807) is 13.8 Å². The average Bonchev–Trinajstić information content (AvgIpc) is 3.27. The van der Waals surface area contributed by atoms with Gasteiger partial charge in [-0.25, -0.2) is 4.79 Å². The first-order chi connectivity index (χ1) is 15.5. The van der Waals surface area contributed by atoms with E-state index in [1.807, 2.05) is 0 Å². The van der Waals surface area contributed by atoms with Crippen LogP contribution in [-0.4, -0.2) is 71.3 Å². The van der Waals surface area contributed by atoms with E-state index in [0.29, 0.717) is 19.4 Å². The monoisotopic (exact) mass is 470 g/mol. The molecule has 186 valence electrons. The van der Waals surface area contributed by atoms with E-state index in [4.69, 9.17) is 11.5 Å². The number of nitrogens with one attached hydrogen (secondary N) is 4. The van der Waals surface area contributed by atoms with Gasteiger partial charge in [0.1, 0.15) is 18.1 Å². The van der Waals surface area contributed by atoms with E-state index >= 15 is 0 Å². The third-order valence-electron chi connectivity index (χ3n) is 5.50. The lowest BCUT2D eigenvalue weighted by molar-refractivity contribution is -0.144. The maximum absolute atomic E-state index is 12.8. The second-order valence-corrected chi connectivity index (χ2v) is 8.16. The second kappa shape index (κ2) is 13.4. The Morgan fingerprint density at radius 3 is 2.12 bits per heavy atom. The first kappa shape index (κ1) is 27.8. The van der Waals surface area contributed by atoms with Gasteiger partial charge in [-0.05, 0) is 31.7 Å². The molecular weight excluding hydrogens is 436 g/mol. The Hall–Kier alpha value is -3.22. The molecule has 5 atom stereocenters. The van der Waals surface area contributed by atoms with Gasteiger partial charge in [-0.3, -0.25) is 24.0 Å². The summed E-state index contributed by atoms with van der Waals surface area (Å²) in [7, 11) is 0. The lowest BCUT2D eigenvalue weighted by Gasteiger charge is -2.26. The number of carbonyl (C=O) groups is 6. The molecule has 0 radical (unpaired) electrons. The van der Waals surface area contributed by atoms with Crippen LogP contribution in [0.1, 0.15) is 52.4 Å². The lowest BCUT2D eigenvalue weighted by atomic mass is 9.98. The van der Waals surface area contributed by atoms with Gasteiger partial charge in [-0.1, -0.05) is 20.3 Å². The molecule has 33 heavy (non-hydrogen) atoms. The van der Waals surface area contributed by atoms with Gasteiger partial charge in [0.05, 0.1) is 12.5 Å². The maximum atomic E-state index is 12.8. The molecule has 1 saturated heterocycles. The Bertz CT molecular complexity index is 753. The van der Waals surface area contributed by atoms with Crippen LogP contribution in [0.2, 0.25) is 0 Å². The SMILES string of the molecule is CCC(C)C(NC(=O)C(CCC(N)=O)NC(=O)C(CC(N)=O)NC(=O)C1CCCN1)C(=O)O. The Morgan fingerprint density at radius 2 is 1.64 bits per heavy atom. The molecule has 1 aliphatic heterocycles. The average molecular weight is 471 g/mol. The zero-order valence-corrected chi connectivity index (χ0v) is 18.9. The van der Waals surface area contributed by atoms with Gasteiger partial charge < -0.3 is 37.8 Å². The number of carboxylic acid groups (broad SMARTS) is 1. The summed E-state index contributed by atoms with van der Waals surface area (Å²) in [6.45, 7) is 4.04. The van der Waals surface area contributed by atoms with Gasteiger partial charge in [0.2, 0.25) is 29.5 Å². The van der Waals surface area contributed by atoms with Crippen LogP contribution in [0.5, 0.6) is 0 Å². The molecule has 1 fully saturated rings. The van der Waals surface area contributed by atoms with Crippen LogP contribution in [0.4, 0.5) is 0 Å². The summed E-state index contributed by atoms with van der Waals surface area (Å²) in [6, 6.07) is -4.42. The van der Waals surface area contributed by atoms with Crippen LogP contribution in [-0.2, 0) is 28.8 Å². The molecule has 1 heterocycles. The minimum Gasteiger partial charge on any atom is -0.480 e. The highest BCUT2D eigenvalue weighted by atomic mass is 16.4. The van der Waals surface area contributed by atoms with Crippen molar-refractivity contribution in [1.82, 2.24) is 21.3 Å². The van der Waals surface area contributed by atoms with E-state index in [2.05, 4.69) is 21.3 Å². The van der Waals surface area contributed by atoms with Crippen molar-refractivity contribution in [1.29, 1.82) is 0 Å². The summed E-state index contributed by atoms with van der Waals surface area (Å²) in [5.41, 5.74) is 10.4. The van der Waals surface area contributed by atoms with Crippen LogP contribution in [0.3, 0.4) is 0 Å². The van der Waals surface area contributed by atoms with E-state index in [0.717, 1.165) is 6.42 Å². The van der Waals surface area contributed by atoms with Crippen LogP contribution in [0.15, 0.2) is 0 Å². The second-order valence-electron chi connectivity index (χ2n) is 8.16. The fraction of sp³-hybridized carbons (Fsp3) is 0.700. The number of primary amides is 2. The third kappa shape index (κ3) is 9.43. The number of aliphatic carboxylic acids is 1. The van der Waals surface area contributed by atoms with Crippen LogP contribution >= 0.6 is 0 Å². The zero-order valence-electron chi connectivity index (χ0n) is 18.9. The molecule has 0 aliphatic carbocycles. The highest BCUT2D eigenvalue weighted by molar-refractivity contribution is 5.96. The zero-order chi connectivity index (χ0) is 25.1. The summed E-state index contributed by atoms with van der Waals surface area (Å²) < 4.78 is 0. The number of carboxylic acids is 1. The van der Waals surface area contributed by atoms with Crippen molar-refractivity contribution in [3.05, 3.63) is 0 Å². The quantitative estimate of drug-likeness (QED) is 0.143. The normalized spacial score (nSPS) is 18.9. The van der Waals surface area contributed by atoms with Crippen molar-refractivity contribution in [2.45, 2.75) is 76.5 Å². The Morgan fingerprint density at radius 1 is 1.00 bits per heavy atom. The molecule has 5 unspecified atom stereocenters. The molecule has 0 aromatic heterocycles. The smallest absolute Gasteiger partial charge is 0.326 e. The van der Waals surface area contributed by atoms with Gasteiger partial charge in [0.15, 0.2) is 0 Å². The predicted molar refractivity (Wildman–Crippen MR) is 116 cm³/mol. The van der Waals surface area contributed by atoms with Gasteiger partial charge in [0.25, 0.3) is 0 Å². The van der Waals surface area contributed by atoms with Gasteiger partial charge >= 0.3 is 5.97 Å². The summed E-state index contributed by atoms with van der Waals surface area (Å²) in [5.74, 6) is -5.43. The number of rotatable bonds is 14. The summed E-state index contributed by atoms with van der Waals surface area (Å²) in [6.07, 6.45) is 0.823. The Kier molecular flexibility index (Phi) is 11.3. The highest BCUT2D eigenvalue weighted by Gasteiger charge is 2.33. The molecule has 13 nitrogen and oxygen atoms in total. The number of carbonyl (C=O) groups excluding carboxylic acids is 5. The predicted octanol–water partition coefficient (Wildman–Crippen LogP) is -2.54. The van der Waals surface area contributed by atoms with E-state index in [1.165, 1.54) is 0 Å². The molecule has 13 heteroatoms. The molecule has 9 N–H and O–H groups in total. The fourth-order valence-electron chi connectivity index (χ4n) is 3.36. The number of nitrogens with two attached hydrogens (primary N) is 2. The van der Waals surface area contributed by atoms with E-state index in [9.17, 15) is 33.9 Å². The minimum atomic E-state index is -1.36. The van der Waals surface area contributed by atoms with E-state index in [-0.39, 0.29) is 12.8 Å². The summed E-state index contributed by atoms with van der Waals surface area (Å²) in [4.78, 5) is 72.2. The van der Waals surface area contributed by atoms with Crippen LogP contribution in [0, 0.1) is 5.92 Å². The topological polar surface area (TPSA) is 223 Å². The number of hydrogen-bond acceptors (Lipinski definition) is 7. The molecule has 5 amide bonds. The summed E-state index contributed by atoms with van der Waals surface area (Å²) in [5, 5.41) is 19.6. The van der Waals surface area contributed by atoms with Crippen molar-refractivity contribution in [2.75, 3.05) is 6.54 Å². The van der Waals surface area contributed by atoms with Crippen LogP contribution < -0.4 is 32.7 Å². The molecule has 0 spiro atoms. The number of amides is 5. The van der Waals surface area contributed by atoms with Crippen molar-refractivity contribution >= 4 is 35.5 Å². The van der Waals surface area contributed by atoms with Crippen molar-refractivity contribution in [3.8, 4) is 0 Å². The molecule has 0 bridgehead atoms. The van der Waals surface area contributed by atoms with Gasteiger partial charge in [0, 0.05) is 6.42 Å². The molecule has 0 saturated carbocycles. The summed E-state index contributed by atoms with van der Waals surface area (Å²) >= 11 is 0. The van der Waals surface area contributed by atoms with Gasteiger partial charge in [-0.2, -0.15) is 0 Å². The molecule has 1 aliphatic rings. The lowest BCUT2D eigenvalue weighted by Crippen LogP contribution is -2.58. The molecule has 1 rings (SSSR count). The van der Waals surface area contributed by atoms with Crippen molar-refractivity contribution in [3.63, 3.8) is 0 Å². The largest absolute Gasteiger partial charge is 0.480 e. The minimum absolute atomic E-state index is 0.207. The first-order valence-corrected chi connectivity index (χ1v) is 10.9.